The van der Waals surface area contributed by atoms with E-state index in [1.165, 1.54) is 23.9 Å². The maximum atomic E-state index is 12.7. The van der Waals surface area contributed by atoms with Crippen LogP contribution in [0.1, 0.15) is 18.6 Å². The minimum absolute atomic E-state index is 0.0482. The van der Waals surface area contributed by atoms with Crippen molar-refractivity contribution < 1.29 is 12.8 Å². The summed E-state index contributed by atoms with van der Waals surface area (Å²) in [5.41, 5.74) is 0. The van der Waals surface area contributed by atoms with Crippen LogP contribution in [0.25, 0.3) is 0 Å². The normalized spacial score (nSPS) is 14.5. The zero-order chi connectivity index (χ0) is 21.1. The molecule has 7 nitrogen and oxygen atoms in total. The lowest BCUT2D eigenvalue weighted by molar-refractivity contribution is 0.483. The number of sulfone groups is 1. The predicted molar refractivity (Wildman–Crippen MR) is 119 cm³/mol. The summed E-state index contributed by atoms with van der Waals surface area (Å²) in [6.45, 7) is 2.35. The number of rotatable bonds is 8. The zero-order valence-electron chi connectivity index (χ0n) is 16.0. The van der Waals surface area contributed by atoms with E-state index in [0.717, 1.165) is 37.6 Å². The molecule has 0 atom stereocenters. The Balaban J connectivity index is 1.51. The summed E-state index contributed by atoms with van der Waals surface area (Å²) >= 11 is 13.4. The van der Waals surface area contributed by atoms with Gasteiger partial charge in [0.1, 0.15) is 5.76 Å². The highest BCUT2D eigenvalue weighted by Gasteiger charge is 2.23. The van der Waals surface area contributed by atoms with Gasteiger partial charge in [-0.25, -0.2) is 8.42 Å². The summed E-state index contributed by atoms with van der Waals surface area (Å²) in [5, 5.41) is 9.84. The Bertz CT molecular complexity index is 1110. The van der Waals surface area contributed by atoms with E-state index in [1.54, 1.807) is 12.3 Å². The van der Waals surface area contributed by atoms with Gasteiger partial charge in [-0.3, -0.25) is 4.57 Å². The van der Waals surface area contributed by atoms with Gasteiger partial charge in [-0.15, -0.1) is 10.2 Å². The van der Waals surface area contributed by atoms with Gasteiger partial charge in [0.15, 0.2) is 15.0 Å². The molecule has 1 saturated heterocycles. The van der Waals surface area contributed by atoms with Gasteiger partial charge in [-0.05, 0) is 43.2 Å². The number of hydrogen-bond donors (Lipinski definition) is 0. The van der Waals surface area contributed by atoms with Crippen LogP contribution in [0.15, 0.2) is 51.1 Å². The Morgan fingerprint density at radius 3 is 2.67 bits per heavy atom. The van der Waals surface area contributed by atoms with Crippen molar-refractivity contribution in [3.63, 3.8) is 0 Å². The summed E-state index contributed by atoms with van der Waals surface area (Å²) in [6, 6.07) is 8.17. The van der Waals surface area contributed by atoms with Crippen LogP contribution < -0.4 is 4.90 Å². The second-order valence-corrected chi connectivity index (χ2v) is 10.9. The van der Waals surface area contributed by atoms with Gasteiger partial charge in [0.05, 0.1) is 28.5 Å². The summed E-state index contributed by atoms with van der Waals surface area (Å²) in [7, 11) is -3.58. The molecule has 1 aromatic carbocycles. The monoisotopic (exact) mass is 486 g/mol. The van der Waals surface area contributed by atoms with Crippen LogP contribution in [0, 0.1) is 0 Å². The molecule has 0 radical (unpaired) electrons. The molecule has 1 fully saturated rings. The first kappa shape index (κ1) is 21.5. The van der Waals surface area contributed by atoms with E-state index < -0.39 is 9.84 Å². The van der Waals surface area contributed by atoms with Gasteiger partial charge >= 0.3 is 0 Å². The number of thioether (sulfide) groups is 1. The smallest absolute Gasteiger partial charge is 0.228 e. The van der Waals surface area contributed by atoms with Crippen molar-refractivity contribution in [2.75, 3.05) is 29.5 Å². The topological polar surface area (TPSA) is 81.2 Å². The maximum Gasteiger partial charge on any atom is 0.228 e. The molecular formula is C19H20Cl2N4O3S2. The highest BCUT2D eigenvalue weighted by Crippen LogP contribution is 2.29. The van der Waals surface area contributed by atoms with Crippen molar-refractivity contribution in [3.8, 4) is 0 Å². The van der Waals surface area contributed by atoms with Gasteiger partial charge in [0.25, 0.3) is 0 Å². The molecule has 0 N–H and O–H groups in total. The number of anilines is 1. The van der Waals surface area contributed by atoms with Crippen molar-refractivity contribution in [2.24, 2.45) is 0 Å². The SMILES string of the molecule is O=S(=O)(CCSc1nnc(N2CCCC2)n1Cc1ccco1)c1cc(Cl)ccc1Cl. The van der Waals surface area contributed by atoms with E-state index in [1.807, 2.05) is 16.7 Å². The Labute approximate surface area is 189 Å². The highest BCUT2D eigenvalue weighted by molar-refractivity contribution is 8.00. The molecule has 0 spiro atoms. The van der Waals surface area contributed by atoms with Crippen molar-refractivity contribution >= 4 is 50.7 Å². The fourth-order valence-electron chi connectivity index (χ4n) is 3.30. The molecule has 4 rings (SSSR count). The molecule has 3 heterocycles. The van der Waals surface area contributed by atoms with E-state index in [4.69, 9.17) is 27.6 Å². The number of hydrogen-bond acceptors (Lipinski definition) is 7. The van der Waals surface area contributed by atoms with Gasteiger partial charge in [-0.1, -0.05) is 35.0 Å². The van der Waals surface area contributed by atoms with E-state index >= 15 is 0 Å². The summed E-state index contributed by atoms with van der Waals surface area (Å²) < 4.78 is 32.9. The number of benzene rings is 1. The zero-order valence-corrected chi connectivity index (χ0v) is 19.1. The second kappa shape index (κ2) is 9.21. The first-order valence-corrected chi connectivity index (χ1v) is 12.8. The Hall–Kier alpha value is -1.68. The first-order valence-electron chi connectivity index (χ1n) is 9.45. The molecule has 0 aliphatic carbocycles. The summed E-state index contributed by atoms with van der Waals surface area (Å²) in [6.07, 6.45) is 3.87. The molecule has 30 heavy (non-hydrogen) atoms. The second-order valence-electron chi connectivity index (χ2n) is 6.88. The van der Waals surface area contributed by atoms with Crippen molar-refractivity contribution in [1.29, 1.82) is 0 Å². The van der Waals surface area contributed by atoms with Crippen molar-refractivity contribution in [3.05, 3.63) is 52.4 Å². The van der Waals surface area contributed by atoms with Crippen LogP contribution >= 0.6 is 35.0 Å². The minimum atomic E-state index is -3.58. The third kappa shape index (κ3) is 4.80. The molecule has 2 aromatic heterocycles. The predicted octanol–water partition coefficient (Wildman–Crippen LogP) is 4.39. The molecule has 0 amide bonds. The summed E-state index contributed by atoms with van der Waals surface area (Å²) in [5.74, 6) is 1.79. The van der Waals surface area contributed by atoms with Crippen molar-refractivity contribution in [2.45, 2.75) is 29.4 Å². The van der Waals surface area contributed by atoms with Crippen LogP contribution in [0.2, 0.25) is 10.0 Å². The molecular weight excluding hydrogens is 467 g/mol. The number of halogens is 2. The molecule has 3 aromatic rings. The quantitative estimate of drug-likeness (QED) is 0.436. The largest absolute Gasteiger partial charge is 0.467 e. The standard InChI is InChI=1S/C19H20Cl2N4O3S2/c20-14-5-6-16(21)17(12-14)30(26,27)11-10-29-19-23-22-18(24-7-1-2-8-24)25(19)13-15-4-3-9-28-15/h3-6,9,12H,1-2,7-8,10-11,13H2. The van der Waals surface area contributed by atoms with Gasteiger partial charge in [0, 0.05) is 23.9 Å². The van der Waals surface area contributed by atoms with Crippen LogP contribution in [-0.4, -0.2) is 47.8 Å². The molecule has 160 valence electrons. The summed E-state index contributed by atoms with van der Waals surface area (Å²) in [4.78, 5) is 2.25. The maximum absolute atomic E-state index is 12.7. The number of furan rings is 1. The number of aromatic nitrogens is 3. The molecule has 1 aliphatic heterocycles. The third-order valence-electron chi connectivity index (χ3n) is 4.79. The Kier molecular flexibility index (Phi) is 6.62. The third-order valence-corrected chi connectivity index (χ3v) is 8.44. The molecule has 0 unspecified atom stereocenters. The molecule has 0 bridgehead atoms. The van der Waals surface area contributed by atoms with Gasteiger partial charge < -0.3 is 9.32 Å². The molecule has 1 aliphatic rings. The number of nitrogens with zero attached hydrogens (tertiary/aromatic N) is 4. The van der Waals surface area contributed by atoms with Crippen LogP contribution in [0.4, 0.5) is 5.95 Å². The van der Waals surface area contributed by atoms with E-state index in [2.05, 4.69) is 15.1 Å². The van der Waals surface area contributed by atoms with Crippen LogP contribution in [0.3, 0.4) is 0 Å². The highest BCUT2D eigenvalue weighted by atomic mass is 35.5. The fourth-order valence-corrected chi connectivity index (χ4v) is 6.70. The van der Waals surface area contributed by atoms with Gasteiger partial charge in [0.2, 0.25) is 5.95 Å². The molecule has 0 saturated carbocycles. The minimum Gasteiger partial charge on any atom is -0.467 e. The molecule has 11 heteroatoms. The fraction of sp³-hybridized carbons (Fsp3) is 0.368. The van der Waals surface area contributed by atoms with Crippen LogP contribution in [-0.2, 0) is 16.4 Å². The lowest BCUT2D eigenvalue weighted by Gasteiger charge is -2.17. The van der Waals surface area contributed by atoms with Crippen molar-refractivity contribution in [1.82, 2.24) is 14.8 Å². The average Bonchev–Trinajstić information content (AvgIpc) is 3.47. The van der Waals surface area contributed by atoms with E-state index in [-0.39, 0.29) is 15.7 Å². The first-order chi connectivity index (χ1) is 14.4. The Morgan fingerprint density at radius 1 is 1.13 bits per heavy atom. The van der Waals surface area contributed by atoms with Gasteiger partial charge in [-0.2, -0.15) is 0 Å². The average molecular weight is 487 g/mol. The Morgan fingerprint density at radius 2 is 1.93 bits per heavy atom. The van der Waals surface area contributed by atoms with E-state index in [9.17, 15) is 8.42 Å². The van der Waals surface area contributed by atoms with Crippen LogP contribution in [0.5, 0.6) is 0 Å². The lowest BCUT2D eigenvalue weighted by Crippen LogP contribution is -2.22. The lowest BCUT2D eigenvalue weighted by atomic mass is 10.4. The van der Waals surface area contributed by atoms with E-state index in [0.29, 0.717) is 22.5 Å².